The van der Waals surface area contributed by atoms with Crippen LogP contribution in [-0.4, -0.2) is 15.0 Å². The summed E-state index contributed by atoms with van der Waals surface area (Å²) in [5, 5.41) is 7.86. The molecule has 1 N–H and O–H groups in total. The Morgan fingerprint density at radius 1 is 1.11 bits per heavy atom. The minimum Gasteiger partial charge on any atom is -0.363 e. The van der Waals surface area contributed by atoms with Crippen LogP contribution in [0.4, 0.5) is 5.82 Å². The van der Waals surface area contributed by atoms with Crippen LogP contribution in [0.25, 0.3) is 10.2 Å². The number of thiophene rings is 1. The highest BCUT2D eigenvalue weighted by Gasteiger charge is 2.22. The van der Waals surface area contributed by atoms with Crippen LogP contribution in [-0.2, 0) is 25.1 Å². The summed E-state index contributed by atoms with van der Waals surface area (Å²) in [6, 6.07) is 10.4. The number of aromatic nitrogens is 3. The topological polar surface area (TPSA) is 50.7 Å². The predicted octanol–water partition coefficient (Wildman–Crippen LogP) is 5.54. The van der Waals surface area contributed by atoms with Gasteiger partial charge in [0.15, 0.2) is 0 Å². The Morgan fingerprint density at radius 3 is 2.89 bits per heavy atom. The first-order chi connectivity index (χ1) is 13.4. The van der Waals surface area contributed by atoms with Crippen molar-refractivity contribution in [2.24, 2.45) is 0 Å². The summed E-state index contributed by atoms with van der Waals surface area (Å²) in [5.41, 5.74) is 1.46. The van der Waals surface area contributed by atoms with Gasteiger partial charge in [0.1, 0.15) is 21.5 Å². The highest BCUT2D eigenvalue weighted by molar-refractivity contribution is 7.98. The second-order valence-electron chi connectivity index (χ2n) is 6.41. The molecular weight excluding hydrogens is 392 g/mol. The third-order valence-corrected chi connectivity index (χ3v) is 7.59. The van der Waals surface area contributed by atoms with E-state index < -0.39 is 0 Å². The number of benzene rings is 1. The van der Waals surface area contributed by atoms with Gasteiger partial charge in [-0.25, -0.2) is 15.0 Å². The lowest BCUT2D eigenvalue weighted by Crippen LogP contribution is -2.05. The quantitative estimate of drug-likeness (QED) is 0.423. The fraction of sp³-hybridized carbons (Fsp3) is 0.250. The number of nitrogens with zero attached hydrogens (tertiary/aromatic N) is 3. The molecule has 0 amide bonds. The number of rotatable bonds is 6. The highest BCUT2D eigenvalue weighted by atomic mass is 32.2. The highest BCUT2D eigenvalue weighted by Crippen LogP contribution is 2.40. The van der Waals surface area contributed by atoms with Gasteiger partial charge in [-0.15, -0.1) is 34.4 Å². The average Bonchev–Trinajstić information content (AvgIpc) is 3.42. The maximum atomic E-state index is 4.91. The molecule has 3 heterocycles. The molecule has 0 fully saturated rings. The molecular formula is C20H18N4S3. The molecule has 0 atom stereocenters. The van der Waals surface area contributed by atoms with E-state index in [0.29, 0.717) is 6.54 Å². The Kier molecular flexibility index (Phi) is 4.82. The van der Waals surface area contributed by atoms with Gasteiger partial charge in [0.05, 0.1) is 17.7 Å². The summed E-state index contributed by atoms with van der Waals surface area (Å²) >= 11 is 5.29. The maximum absolute atomic E-state index is 4.91. The SMILES string of the molecule is c1ccc(SCc2nc(NCc3nccs3)c3c4c(sc3n2)CCC4)cc1. The van der Waals surface area contributed by atoms with Crippen molar-refractivity contribution in [3.8, 4) is 0 Å². The van der Waals surface area contributed by atoms with Gasteiger partial charge in [0, 0.05) is 21.3 Å². The van der Waals surface area contributed by atoms with Crippen LogP contribution in [0, 0.1) is 0 Å². The molecule has 0 radical (unpaired) electrons. The minimum atomic E-state index is 0.708. The average molecular weight is 411 g/mol. The second-order valence-corrected chi connectivity index (χ2v) is 9.52. The van der Waals surface area contributed by atoms with Gasteiger partial charge in [-0.05, 0) is 37.0 Å². The van der Waals surface area contributed by atoms with E-state index in [9.17, 15) is 0 Å². The number of thiazole rings is 1. The summed E-state index contributed by atoms with van der Waals surface area (Å²) in [7, 11) is 0. The Labute approximate surface area is 170 Å². The summed E-state index contributed by atoms with van der Waals surface area (Å²) < 4.78 is 0. The first-order valence-electron chi connectivity index (χ1n) is 8.98. The molecule has 0 unspecified atom stereocenters. The molecule has 7 heteroatoms. The van der Waals surface area contributed by atoms with Crippen molar-refractivity contribution in [2.45, 2.75) is 36.5 Å². The number of hydrogen-bond acceptors (Lipinski definition) is 7. The maximum Gasteiger partial charge on any atom is 0.142 e. The fourth-order valence-electron chi connectivity index (χ4n) is 3.40. The van der Waals surface area contributed by atoms with Gasteiger partial charge in [0.2, 0.25) is 0 Å². The van der Waals surface area contributed by atoms with Gasteiger partial charge in [-0.1, -0.05) is 18.2 Å². The molecule has 0 aliphatic heterocycles. The second kappa shape index (κ2) is 7.58. The number of aryl methyl sites for hydroxylation is 2. The number of thioether (sulfide) groups is 1. The van der Waals surface area contributed by atoms with E-state index in [1.165, 1.54) is 33.6 Å². The van der Waals surface area contributed by atoms with Gasteiger partial charge >= 0.3 is 0 Å². The van der Waals surface area contributed by atoms with E-state index in [2.05, 4.69) is 34.6 Å². The standard InChI is InChI=1S/C20H18N4S3/c1-2-5-13(6-3-1)26-12-16-23-19(22-11-17-21-9-10-25-17)18-14-7-4-8-15(14)27-20(18)24-16/h1-3,5-6,9-10H,4,7-8,11-12H2,(H,22,23,24). The molecule has 136 valence electrons. The van der Waals surface area contributed by atoms with Gasteiger partial charge < -0.3 is 5.32 Å². The normalized spacial score (nSPS) is 13.2. The van der Waals surface area contributed by atoms with Gasteiger partial charge in [-0.2, -0.15) is 0 Å². The number of nitrogens with one attached hydrogen (secondary N) is 1. The van der Waals surface area contributed by atoms with Gasteiger partial charge in [-0.3, -0.25) is 0 Å². The van der Waals surface area contributed by atoms with Crippen LogP contribution in [0.15, 0.2) is 46.8 Å². The van der Waals surface area contributed by atoms with Gasteiger partial charge in [0.25, 0.3) is 0 Å². The van der Waals surface area contributed by atoms with Crippen LogP contribution in [0.5, 0.6) is 0 Å². The zero-order valence-electron chi connectivity index (χ0n) is 14.6. The largest absolute Gasteiger partial charge is 0.363 e. The molecule has 5 rings (SSSR count). The van der Waals surface area contributed by atoms with E-state index in [-0.39, 0.29) is 0 Å². The molecule has 1 aromatic carbocycles. The fourth-order valence-corrected chi connectivity index (χ4v) is 6.01. The van der Waals surface area contributed by atoms with E-state index >= 15 is 0 Å². The van der Waals surface area contributed by atoms with Crippen LogP contribution >= 0.6 is 34.4 Å². The third kappa shape index (κ3) is 3.59. The Balaban J connectivity index is 1.47. The number of hydrogen-bond donors (Lipinski definition) is 1. The molecule has 0 saturated heterocycles. The van der Waals surface area contributed by atoms with E-state index in [1.54, 1.807) is 23.1 Å². The van der Waals surface area contributed by atoms with Crippen molar-refractivity contribution in [1.82, 2.24) is 15.0 Å². The molecule has 27 heavy (non-hydrogen) atoms. The van der Waals surface area contributed by atoms with Crippen molar-refractivity contribution in [1.29, 1.82) is 0 Å². The minimum absolute atomic E-state index is 0.708. The molecule has 0 bridgehead atoms. The first kappa shape index (κ1) is 17.2. The molecule has 3 aromatic heterocycles. The molecule has 1 aliphatic carbocycles. The Hall–Kier alpha value is -1.96. The summed E-state index contributed by atoms with van der Waals surface area (Å²) in [5.74, 6) is 2.63. The lowest BCUT2D eigenvalue weighted by Gasteiger charge is -2.09. The van der Waals surface area contributed by atoms with Crippen molar-refractivity contribution in [3.63, 3.8) is 0 Å². The van der Waals surface area contributed by atoms with Crippen LogP contribution < -0.4 is 5.32 Å². The lowest BCUT2D eigenvalue weighted by molar-refractivity contribution is 0.916. The van der Waals surface area contributed by atoms with Crippen molar-refractivity contribution >= 4 is 50.5 Å². The number of fused-ring (bicyclic) bond motifs is 3. The Bertz CT molecular complexity index is 1060. The molecule has 0 spiro atoms. The van der Waals surface area contributed by atoms with Crippen LogP contribution in [0.1, 0.15) is 27.7 Å². The zero-order chi connectivity index (χ0) is 18.1. The first-order valence-corrected chi connectivity index (χ1v) is 11.7. The smallest absolute Gasteiger partial charge is 0.142 e. The molecule has 4 aromatic rings. The Morgan fingerprint density at radius 2 is 2.04 bits per heavy atom. The van der Waals surface area contributed by atoms with E-state index in [1.807, 2.05) is 29.0 Å². The third-order valence-electron chi connectivity index (χ3n) is 4.61. The summed E-state index contributed by atoms with van der Waals surface area (Å²) in [6.45, 7) is 0.708. The van der Waals surface area contributed by atoms with Crippen LogP contribution in [0.2, 0.25) is 0 Å². The molecule has 0 saturated carbocycles. The molecule has 1 aliphatic rings. The summed E-state index contributed by atoms with van der Waals surface area (Å²) in [6.07, 6.45) is 5.41. The van der Waals surface area contributed by atoms with Crippen molar-refractivity contribution in [2.75, 3.05) is 5.32 Å². The van der Waals surface area contributed by atoms with E-state index in [0.717, 1.165) is 33.7 Å². The monoisotopic (exact) mass is 410 g/mol. The van der Waals surface area contributed by atoms with Crippen molar-refractivity contribution in [3.05, 3.63) is 63.2 Å². The van der Waals surface area contributed by atoms with Crippen molar-refractivity contribution < 1.29 is 0 Å². The predicted molar refractivity (Wildman–Crippen MR) is 115 cm³/mol. The zero-order valence-corrected chi connectivity index (χ0v) is 17.1. The summed E-state index contributed by atoms with van der Waals surface area (Å²) in [4.78, 5) is 18.0. The van der Waals surface area contributed by atoms with E-state index in [4.69, 9.17) is 9.97 Å². The molecule has 4 nitrogen and oxygen atoms in total. The van der Waals surface area contributed by atoms with Crippen LogP contribution in [0.3, 0.4) is 0 Å². The number of anilines is 1. The lowest BCUT2D eigenvalue weighted by atomic mass is 10.2.